The molecule has 6 heteroatoms. The van der Waals surface area contributed by atoms with Crippen molar-refractivity contribution in [3.63, 3.8) is 0 Å². The molecule has 2 amide bonds. The predicted octanol–water partition coefficient (Wildman–Crippen LogP) is 1.12. The molecule has 0 aliphatic heterocycles. The molecule has 0 saturated heterocycles. The molecule has 2 N–H and O–H groups in total. The SMILES string of the molecule is COC(=O)c1ccccc1NC(=O)NCC#N. The zero-order valence-corrected chi connectivity index (χ0v) is 9.19. The highest BCUT2D eigenvalue weighted by molar-refractivity contribution is 6.00. The summed E-state index contributed by atoms with van der Waals surface area (Å²) in [7, 11) is 1.26. The molecule has 0 atom stereocenters. The normalized spacial score (nSPS) is 8.94. The minimum Gasteiger partial charge on any atom is -0.465 e. The predicted molar refractivity (Wildman–Crippen MR) is 60.4 cm³/mol. The molecule has 0 spiro atoms. The topological polar surface area (TPSA) is 91.2 Å². The van der Waals surface area contributed by atoms with Crippen molar-refractivity contribution >= 4 is 17.7 Å². The van der Waals surface area contributed by atoms with Gasteiger partial charge in [0, 0.05) is 0 Å². The molecule has 0 fully saturated rings. The number of nitriles is 1. The average molecular weight is 233 g/mol. The Balaban J connectivity index is 2.81. The Morgan fingerprint density at radius 2 is 2.12 bits per heavy atom. The second kappa shape index (κ2) is 6.12. The van der Waals surface area contributed by atoms with Gasteiger partial charge in [-0.2, -0.15) is 5.26 Å². The van der Waals surface area contributed by atoms with Crippen LogP contribution < -0.4 is 10.6 Å². The Kier molecular flexibility index (Phi) is 4.51. The second-order valence-electron chi connectivity index (χ2n) is 3.00. The molecular formula is C11H11N3O3. The van der Waals surface area contributed by atoms with Gasteiger partial charge in [-0.25, -0.2) is 9.59 Å². The van der Waals surface area contributed by atoms with Crippen LogP contribution in [0.15, 0.2) is 24.3 Å². The van der Waals surface area contributed by atoms with Crippen LogP contribution in [0.25, 0.3) is 0 Å². The smallest absolute Gasteiger partial charge is 0.339 e. The Hall–Kier alpha value is -2.55. The summed E-state index contributed by atoms with van der Waals surface area (Å²) in [6, 6.07) is 7.65. The molecule has 6 nitrogen and oxygen atoms in total. The lowest BCUT2D eigenvalue weighted by molar-refractivity contribution is 0.0602. The molecule has 0 heterocycles. The maximum absolute atomic E-state index is 11.4. The summed E-state index contributed by atoms with van der Waals surface area (Å²) in [6.07, 6.45) is 0. The van der Waals surface area contributed by atoms with E-state index >= 15 is 0 Å². The van der Waals surface area contributed by atoms with Gasteiger partial charge < -0.3 is 15.4 Å². The molecule has 0 aromatic heterocycles. The average Bonchev–Trinajstić information content (AvgIpc) is 2.36. The molecule has 17 heavy (non-hydrogen) atoms. The van der Waals surface area contributed by atoms with Gasteiger partial charge in [-0.3, -0.25) is 0 Å². The largest absolute Gasteiger partial charge is 0.465 e. The van der Waals surface area contributed by atoms with E-state index in [0.717, 1.165) is 0 Å². The molecule has 1 rings (SSSR count). The summed E-state index contributed by atoms with van der Waals surface area (Å²) in [5.41, 5.74) is 0.580. The lowest BCUT2D eigenvalue weighted by Gasteiger charge is -2.09. The number of para-hydroxylation sites is 1. The van der Waals surface area contributed by atoms with Crippen LogP contribution in [0.1, 0.15) is 10.4 Å². The van der Waals surface area contributed by atoms with Crippen LogP contribution in [0.3, 0.4) is 0 Å². The van der Waals surface area contributed by atoms with Crippen molar-refractivity contribution < 1.29 is 14.3 Å². The van der Waals surface area contributed by atoms with Crippen molar-refractivity contribution in [3.05, 3.63) is 29.8 Å². The van der Waals surface area contributed by atoms with E-state index in [9.17, 15) is 9.59 Å². The first-order valence-electron chi connectivity index (χ1n) is 4.78. The number of ether oxygens (including phenoxy) is 1. The molecule has 0 aliphatic rings. The number of anilines is 1. The first-order chi connectivity index (χ1) is 8.19. The number of benzene rings is 1. The molecule has 88 valence electrons. The zero-order valence-electron chi connectivity index (χ0n) is 9.19. The first-order valence-corrected chi connectivity index (χ1v) is 4.78. The van der Waals surface area contributed by atoms with E-state index in [4.69, 9.17) is 5.26 Å². The number of esters is 1. The van der Waals surface area contributed by atoms with Crippen molar-refractivity contribution in [2.75, 3.05) is 19.0 Å². The van der Waals surface area contributed by atoms with E-state index in [1.165, 1.54) is 13.2 Å². The summed E-state index contributed by atoms with van der Waals surface area (Å²) in [5.74, 6) is -0.541. The summed E-state index contributed by atoms with van der Waals surface area (Å²) in [6.45, 7) is -0.105. The molecule has 1 aromatic carbocycles. The molecule has 1 aromatic rings. The Morgan fingerprint density at radius 3 is 2.76 bits per heavy atom. The Morgan fingerprint density at radius 1 is 1.41 bits per heavy atom. The van der Waals surface area contributed by atoms with Crippen molar-refractivity contribution in [2.45, 2.75) is 0 Å². The number of methoxy groups -OCH3 is 1. The van der Waals surface area contributed by atoms with Crippen LogP contribution >= 0.6 is 0 Å². The lowest BCUT2D eigenvalue weighted by atomic mass is 10.2. The van der Waals surface area contributed by atoms with Crippen LogP contribution in [0.2, 0.25) is 0 Å². The maximum Gasteiger partial charge on any atom is 0.339 e. The van der Waals surface area contributed by atoms with Gasteiger partial charge in [0.1, 0.15) is 6.54 Å². The second-order valence-corrected chi connectivity index (χ2v) is 3.00. The van der Waals surface area contributed by atoms with E-state index < -0.39 is 12.0 Å². The van der Waals surface area contributed by atoms with Gasteiger partial charge in [0.05, 0.1) is 24.4 Å². The Bertz CT molecular complexity index is 465. The number of amides is 2. The number of hydrogen-bond donors (Lipinski definition) is 2. The van der Waals surface area contributed by atoms with E-state index in [0.29, 0.717) is 5.69 Å². The summed E-state index contributed by atoms with van der Waals surface area (Å²) in [4.78, 5) is 22.7. The highest BCUT2D eigenvalue weighted by atomic mass is 16.5. The molecule has 0 unspecified atom stereocenters. The molecule has 0 saturated carbocycles. The summed E-state index contributed by atoms with van der Waals surface area (Å²) in [5, 5.41) is 13.1. The molecule has 0 radical (unpaired) electrons. The number of carbonyl (C=O) groups is 2. The van der Waals surface area contributed by atoms with Gasteiger partial charge >= 0.3 is 12.0 Å². The fourth-order valence-corrected chi connectivity index (χ4v) is 1.17. The first kappa shape index (κ1) is 12.5. The van der Waals surface area contributed by atoms with Crippen LogP contribution in [-0.4, -0.2) is 25.7 Å². The molecule has 0 bridgehead atoms. The fraction of sp³-hybridized carbons (Fsp3) is 0.182. The lowest BCUT2D eigenvalue weighted by Crippen LogP contribution is -2.29. The van der Waals surface area contributed by atoms with Crippen molar-refractivity contribution in [3.8, 4) is 6.07 Å². The quantitative estimate of drug-likeness (QED) is 0.604. The summed E-state index contributed by atoms with van der Waals surface area (Å²) >= 11 is 0. The number of rotatable bonds is 3. The number of nitrogens with one attached hydrogen (secondary N) is 2. The summed E-state index contributed by atoms with van der Waals surface area (Å²) < 4.78 is 4.58. The van der Waals surface area contributed by atoms with Crippen LogP contribution in [0.5, 0.6) is 0 Å². The Labute approximate surface area is 98.2 Å². The molecular weight excluding hydrogens is 222 g/mol. The van der Waals surface area contributed by atoms with Crippen LogP contribution in [0.4, 0.5) is 10.5 Å². The van der Waals surface area contributed by atoms with Gasteiger partial charge in [0.25, 0.3) is 0 Å². The zero-order chi connectivity index (χ0) is 12.7. The van der Waals surface area contributed by atoms with Crippen molar-refractivity contribution in [1.29, 1.82) is 5.26 Å². The number of hydrogen-bond acceptors (Lipinski definition) is 4. The van der Waals surface area contributed by atoms with E-state index in [2.05, 4.69) is 15.4 Å². The number of urea groups is 1. The third-order valence-electron chi connectivity index (χ3n) is 1.91. The molecule has 0 aliphatic carbocycles. The third kappa shape index (κ3) is 3.50. The number of nitrogens with zero attached hydrogens (tertiary/aromatic N) is 1. The van der Waals surface area contributed by atoms with Crippen molar-refractivity contribution in [1.82, 2.24) is 5.32 Å². The standard InChI is InChI=1S/C11H11N3O3/c1-17-10(15)8-4-2-3-5-9(8)14-11(16)13-7-6-12/h2-5H,7H2,1H3,(H2,13,14,16). The fourth-order valence-electron chi connectivity index (χ4n) is 1.17. The van der Waals surface area contributed by atoms with Crippen molar-refractivity contribution in [2.24, 2.45) is 0 Å². The van der Waals surface area contributed by atoms with Crippen LogP contribution in [0, 0.1) is 11.3 Å². The highest BCUT2D eigenvalue weighted by Gasteiger charge is 2.12. The van der Waals surface area contributed by atoms with Gasteiger partial charge in [0.15, 0.2) is 0 Å². The van der Waals surface area contributed by atoms with Gasteiger partial charge in [-0.1, -0.05) is 12.1 Å². The van der Waals surface area contributed by atoms with E-state index in [1.807, 2.05) is 0 Å². The van der Waals surface area contributed by atoms with E-state index in [-0.39, 0.29) is 12.1 Å². The van der Waals surface area contributed by atoms with Gasteiger partial charge in [-0.05, 0) is 12.1 Å². The third-order valence-corrected chi connectivity index (χ3v) is 1.91. The van der Waals surface area contributed by atoms with Crippen LogP contribution in [-0.2, 0) is 4.74 Å². The highest BCUT2D eigenvalue weighted by Crippen LogP contribution is 2.15. The van der Waals surface area contributed by atoms with Gasteiger partial charge in [0.2, 0.25) is 0 Å². The monoisotopic (exact) mass is 233 g/mol. The number of carbonyl (C=O) groups excluding carboxylic acids is 2. The van der Waals surface area contributed by atoms with Gasteiger partial charge in [-0.15, -0.1) is 0 Å². The minimum atomic E-state index is -0.553. The minimum absolute atomic E-state index is 0.105. The maximum atomic E-state index is 11.4. The van der Waals surface area contributed by atoms with E-state index in [1.54, 1.807) is 24.3 Å².